The zero-order valence-corrected chi connectivity index (χ0v) is 13.0. The van der Waals surface area contributed by atoms with Gasteiger partial charge in [-0.25, -0.2) is 4.39 Å². The Kier molecular flexibility index (Phi) is 4.29. The van der Waals surface area contributed by atoms with E-state index in [1.165, 1.54) is 12.1 Å². The smallest absolute Gasteiger partial charge is 0.255 e. The van der Waals surface area contributed by atoms with Gasteiger partial charge in [-0.1, -0.05) is 20.3 Å². The van der Waals surface area contributed by atoms with Crippen LogP contribution in [0.2, 0.25) is 0 Å². The largest absolute Gasteiger partial charge is 0.339 e. The molecule has 0 radical (unpaired) electrons. The molecule has 1 saturated heterocycles. The molecule has 19 heavy (non-hydrogen) atoms. The number of carbonyl (C=O) groups is 1. The molecule has 1 fully saturated rings. The van der Waals surface area contributed by atoms with E-state index < -0.39 is 0 Å². The third-order valence-electron chi connectivity index (χ3n) is 4.27. The summed E-state index contributed by atoms with van der Waals surface area (Å²) in [6.07, 6.45) is 3.22. The Morgan fingerprint density at radius 2 is 2.05 bits per heavy atom. The Hall–Kier alpha value is -0.900. The van der Waals surface area contributed by atoms with Crippen LogP contribution < -0.4 is 0 Å². The molecule has 2 rings (SSSR count). The summed E-state index contributed by atoms with van der Waals surface area (Å²) in [6, 6.07) is 4.22. The summed E-state index contributed by atoms with van der Waals surface area (Å²) >= 11 is 3.26. The molecule has 1 heterocycles. The highest BCUT2D eigenvalue weighted by Gasteiger charge is 2.31. The van der Waals surface area contributed by atoms with E-state index in [1.807, 2.05) is 4.90 Å². The van der Waals surface area contributed by atoms with Crippen molar-refractivity contribution in [3.63, 3.8) is 0 Å². The summed E-state index contributed by atoms with van der Waals surface area (Å²) in [7, 11) is 0. The molecule has 1 aromatic rings. The van der Waals surface area contributed by atoms with Crippen LogP contribution in [0.1, 0.15) is 43.5 Å². The van der Waals surface area contributed by atoms with Crippen molar-refractivity contribution in [3.8, 4) is 0 Å². The van der Waals surface area contributed by atoms with Gasteiger partial charge in [-0.05, 0) is 52.4 Å². The van der Waals surface area contributed by atoms with Gasteiger partial charge in [0.25, 0.3) is 5.91 Å². The van der Waals surface area contributed by atoms with E-state index in [0.29, 0.717) is 15.5 Å². The molecule has 0 N–H and O–H groups in total. The van der Waals surface area contributed by atoms with Crippen molar-refractivity contribution in [1.29, 1.82) is 0 Å². The molecule has 0 aromatic heterocycles. The minimum atomic E-state index is -0.333. The predicted molar refractivity (Wildman–Crippen MR) is 77.6 cm³/mol. The number of amides is 1. The summed E-state index contributed by atoms with van der Waals surface area (Å²) in [5.74, 6) is -0.342. The molecule has 1 aromatic carbocycles. The minimum absolute atomic E-state index is 0.00923. The molecule has 4 heteroatoms. The maximum atomic E-state index is 13.0. The number of benzene rings is 1. The van der Waals surface area contributed by atoms with Crippen molar-refractivity contribution in [2.45, 2.75) is 33.1 Å². The molecular weight excluding hydrogens is 309 g/mol. The Labute approximate surface area is 122 Å². The van der Waals surface area contributed by atoms with Crippen molar-refractivity contribution >= 4 is 21.8 Å². The monoisotopic (exact) mass is 327 g/mol. The van der Waals surface area contributed by atoms with Crippen molar-refractivity contribution in [2.75, 3.05) is 13.1 Å². The molecule has 0 bridgehead atoms. The minimum Gasteiger partial charge on any atom is -0.339 e. The molecule has 1 aliphatic heterocycles. The molecule has 2 nitrogen and oxygen atoms in total. The first-order chi connectivity index (χ1) is 8.95. The van der Waals surface area contributed by atoms with E-state index in [-0.39, 0.29) is 11.7 Å². The van der Waals surface area contributed by atoms with Gasteiger partial charge in [0.2, 0.25) is 0 Å². The Morgan fingerprint density at radius 1 is 1.42 bits per heavy atom. The summed E-state index contributed by atoms with van der Waals surface area (Å²) < 4.78 is 13.6. The molecule has 1 aliphatic rings. The fourth-order valence-corrected chi connectivity index (χ4v) is 2.96. The number of piperidine rings is 1. The van der Waals surface area contributed by atoms with E-state index in [1.54, 1.807) is 6.07 Å². The van der Waals surface area contributed by atoms with Crippen molar-refractivity contribution in [1.82, 2.24) is 4.90 Å². The van der Waals surface area contributed by atoms with Crippen LogP contribution >= 0.6 is 15.9 Å². The normalized spacial score (nSPS) is 18.4. The average Bonchev–Trinajstić information content (AvgIpc) is 2.39. The molecule has 104 valence electrons. The van der Waals surface area contributed by atoms with Gasteiger partial charge in [0.15, 0.2) is 0 Å². The van der Waals surface area contributed by atoms with Gasteiger partial charge in [0.05, 0.1) is 5.56 Å². The quantitative estimate of drug-likeness (QED) is 0.795. The van der Waals surface area contributed by atoms with Gasteiger partial charge in [0, 0.05) is 17.6 Å². The van der Waals surface area contributed by atoms with Crippen LogP contribution in [0, 0.1) is 11.2 Å². The number of halogens is 2. The lowest BCUT2D eigenvalue weighted by atomic mass is 9.78. The van der Waals surface area contributed by atoms with Gasteiger partial charge < -0.3 is 4.90 Å². The Morgan fingerprint density at radius 3 is 2.58 bits per heavy atom. The lowest BCUT2D eigenvalue weighted by Gasteiger charge is -2.39. The van der Waals surface area contributed by atoms with E-state index in [9.17, 15) is 9.18 Å². The summed E-state index contributed by atoms with van der Waals surface area (Å²) in [6.45, 7) is 6.05. The topological polar surface area (TPSA) is 20.3 Å². The van der Waals surface area contributed by atoms with Gasteiger partial charge in [0.1, 0.15) is 5.82 Å². The Balaban J connectivity index is 2.09. The highest BCUT2D eigenvalue weighted by atomic mass is 79.9. The average molecular weight is 328 g/mol. The van der Waals surface area contributed by atoms with Crippen LogP contribution in [0.5, 0.6) is 0 Å². The van der Waals surface area contributed by atoms with E-state index in [2.05, 4.69) is 29.8 Å². The van der Waals surface area contributed by atoms with Crippen LogP contribution in [0.4, 0.5) is 4.39 Å². The number of hydrogen-bond donors (Lipinski definition) is 0. The second-order valence-electron chi connectivity index (χ2n) is 5.58. The fourth-order valence-electron chi connectivity index (χ4n) is 2.44. The predicted octanol–water partition coefficient (Wildman–Crippen LogP) is 4.24. The highest BCUT2D eigenvalue weighted by molar-refractivity contribution is 9.10. The van der Waals surface area contributed by atoms with Gasteiger partial charge in [-0.15, -0.1) is 0 Å². The maximum absolute atomic E-state index is 13.0. The second-order valence-corrected chi connectivity index (χ2v) is 6.43. The SMILES string of the molecule is CCC1(C)CCN(C(=O)c2ccc(F)cc2Br)CC1. The lowest BCUT2D eigenvalue weighted by Crippen LogP contribution is -2.42. The number of likely N-dealkylation sites (tertiary alicyclic amines) is 1. The van der Waals surface area contributed by atoms with Crippen LogP contribution in [-0.4, -0.2) is 23.9 Å². The van der Waals surface area contributed by atoms with Gasteiger partial charge >= 0.3 is 0 Å². The maximum Gasteiger partial charge on any atom is 0.255 e. The van der Waals surface area contributed by atoms with Crippen LogP contribution in [0.15, 0.2) is 22.7 Å². The molecule has 1 amide bonds. The number of hydrogen-bond acceptors (Lipinski definition) is 1. The molecule has 0 saturated carbocycles. The van der Waals surface area contributed by atoms with Crippen LogP contribution in [-0.2, 0) is 0 Å². The second kappa shape index (κ2) is 5.61. The van der Waals surface area contributed by atoms with Crippen molar-refractivity contribution in [3.05, 3.63) is 34.1 Å². The molecular formula is C15H19BrFNO. The molecule has 0 atom stereocenters. The standard InChI is InChI=1S/C15H19BrFNO/c1-3-15(2)6-8-18(9-7-15)14(19)12-5-4-11(17)10-13(12)16/h4-5,10H,3,6-9H2,1-2H3. The van der Waals surface area contributed by atoms with E-state index in [0.717, 1.165) is 32.4 Å². The molecule has 0 unspecified atom stereocenters. The van der Waals surface area contributed by atoms with Gasteiger partial charge in [-0.3, -0.25) is 4.79 Å². The summed E-state index contributed by atoms with van der Waals surface area (Å²) in [5, 5.41) is 0. The first kappa shape index (κ1) is 14.5. The summed E-state index contributed by atoms with van der Waals surface area (Å²) in [4.78, 5) is 14.3. The molecule has 0 aliphatic carbocycles. The van der Waals surface area contributed by atoms with E-state index >= 15 is 0 Å². The first-order valence-electron chi connectivity index (χ1n) is 6.69. The fraction of sp³-hybridized carbons (Fsp3) is 0.533. The summed E-state index contributed by atoms with van der Waals surface area (Å²) in [5.41, 5.74) is 0.901. The first-order valence-corrected chi connectivity index (χ1v) is 7.49. The lowest BCUT2D eigenvalue weighted by molar-refractivity contribution is 0.0599. The van der Waals surface area contributed by atoms with Crippen LogP contribution in [0.3, 0.4) is 0 Å². The number of nitrogens with zero attached hydrogens (tertiary/aromatic N) is 1. The van der Waals surface area contributed by atoms with Crippen molar-refractivity contribution < 1.29 is 9.18 Å². The Bertz CT molecular complexity index is 481. The number of carbonyl (C=O) groups excluding carboxylic acids is 1. The zero-order valence-electron chi connectivity index (χ0n) is 11.4. The van der Waals surface area contributed by atoms with Crippen molar-refractivity contribution in [2.24, 2.45) is 5.41 Å². The number of rotatable bonds is 2. The van der Waals surface area contributed by atoms with E-state index in [4.69, 9.17) is 0 Å². The third kappa shape index (κ3) is 3.16. The highest BCUT2D eigenvalue weighted by Crippen LogP contribution is 2.34. The zero-order chi connectivity index (χ0) is 14.0. The third-order valence-corrected chi connectivity index (χ3v) is 4.93. The molecule has 0 spiro atoms. The van der Waals surface area contributed by atoms with Crippen LogP contribution in [0.25, 0.3) is 0 Å². The van der Waals surface area contributed by atoms with Gasteiger partial charge in [-0.2, -0.15) is 0 Å².